The van der Waals surface area contributed by atoms with Gasteiger partial charge in [-0.1, -0.05) is 41.4 Å². The molecule has 17 heavy (non-hydrogen) atoms. The van der Waals surface area contributed by atoms with Crippen molar-refractivity contribution in [2.45, 2.75) is 6.92 Å². The number of halogens is 1. The van der Waals surface area contributed by atoms with E-state index in [0.717, 1.165) is 11.1 Å². The van der Waals surface area contributed by atoms with E-state index < -0.39 is 7.12 Å². The van der Waals surface area contributed by atoms with Crippen molar-refractivity contribution in [2.24, 2.45) is 0 Å². The lowest BCUT2D eigenvalue weighted by Gasteiger charge is -2.07. The molecule has 0 atom stereocenters. The fraction of sp³-hybridized carbons (Fsp3) is 0.0833. The van der Waals surface area contributed by atoms with Crippen molar-refractivity contribution < 1.29 is 10.0 Å². The first-order chi connectivity index (χ1) is 8.08. The van der Waals surface area contributed by atoms with Gasteiger partial charge in [-0.2, -0.15) is 0 Å². The third-order valence-corrected chi connectivity index (χ3v) is 2.79. The summed E-state index contributed by atoms with van der Waals surface area (Å²) in [5, 5.41) is 18.6. The monoisotopic (exact) mass is 247 g/mol. The number of pyridine rings is 1. The normalized spacial score (nSPS) is 10.4. The number of hydrogen-bond donors (Lipinski definition) is 2. The number of hydrogen-bond acceptors (Lipinski definition) is 3. The first kappa shape index (κ1) is 12.1. The van der Waals surface area contributed by atoms with Gasteiger partial charge in [-0.3, -0.25) is 0 Å². The predicted molar refractivity (Wildman–Crippen MR) is 69.2 cm³/mol. The highest BCUT2D eigenvalue weighted by Crippen LogP contribution is 2.25. The van der Waals surface area contributed by atoms with Gasteiger partial charge in [0.1, 0.15) is 5.15 Å². The second-order valence-corrected chi connectivity index (χ2v) is 4.21. The highest BCUT2D eigenvalue weighted by molar-refractivity contribution is 6.58. The molecule has 5 heteroatoms. The van der Waals surface area contributed by atoms with E-state index in [0.29, 0.717) is 16.2 Å². The van der Waals surface area contributed by atoms with Gasteiger partial charge in [-0.05, 0) is 18.6 Å². The molecule has 0 radical (unpaired) electrons. The third-order valence-electron chi connectivity index (χ3n) is 2.49. The lowest BCUT2D eigenvalue weighted by Crippen LogP contribution is -2.30. The molecule has 1 aromatic heterocycles. The smallest absolute Gasteiger partial charge is 0.423 e. The second-order valence-electron chi connectivity index (χ2n) is 3.85. The van der Waals surface area contributed by atoms with Crippen LogP contribution in [0.4, 0.5) is 0 Å². The summed E-state index contributed by atoms with van der Waals surface area (Å²) in [5.74, 6) is 0. The summed E-state index contributed by atoms with van der Waals surface area (Å²) in [7, 11) is -1.54. The van der Waals surface area contributed by atoms with Crippen molar-refractivity contribution in [1.29, 1.82) is 0 Å². The van der Waals surface area contributed by atoms with Gasteiger partial charge in [0.2, 0.25) is 0 Å². The zero-order valence-corrected chi connectivity index (χ0v) is 10.0. The highest BCUT2D eigenvalue weighted by Gasteiger charge is 2.14. The molecule has 3 nitrogen and oxygen atoms in total. The molecule has 0 aliphatic rings. The summed E-state index contributed by atoms with van der Waals surface area (Å²) < 4.78 is 0. The molecule has 2 rings (SSSR count). The Morgan fingerprint density at radius 3 is 2.65 bits per heavy atom. The number of aryl methyl sites for hydroxylation is 1. The number of benzene rings is 1. The Hall–Kier alpha value is -1.36. The summed E-state index contributed by atoms with van der Waals surface area (Å²) >= 11 is 6.01. The van der Waals surface area contributed by atoms with E-state index >= 15 is 0 Å². The van der Waals surface area contributed by atoms with E-state index in [-0.39, 0.29) is 0 Å². The highest BCUT2D eigenvalue weighted by atomic mass is 35.5. The Morgan fingerprint density at radius 1 is 1.24 bits per heavy atom. The lowest BCUT2D eigenvalue weighted by molar-refractivity contribution is 0.425. The molecule has 0 aliphatic carbocycles. The van der Waals surface area contributed by atoms with E-state index in [1.165, 1.54) is 6.20 Å². The molecule has 0 fully saturated rings. The summed E-state index contributed by atoms with van der Waals surface area (Å²) in [6.07, 6.45) is 1.35. The summed E-state index contributed by atoms with van der Waals surface area (Å²) in [6.45, 7) is 1.98. The van der Waals surface area contributed by atoms with E-state index in [2.05, 4.69) is 4.98 Å². The van der Waals surface area contributed by atoms with Gasteiger partial charge in [-0.15, -0.1) is 0 Å². The Bertz CT molecular complexity index is 546. The van der Waals surface area contributed by atoms with Gasteiger partial charge in [0.25, 0.3) is 0 Å². The molecule has 0 bridgehead atoms. The molecule has 1 heterocycles. The zero-order chi connectivity index (χ0) is 12.4. The fourth-order valence-electron chi connectivity index (χ4n) is 1.62. The van der Waals surface area contributed by atoms with Crippen molar-refractivity contribution in [2.75, 3.05) is 0 Å². The minimum atomic E-state index is -1.54. The van der Waals surface area contributed by atoms with Crippen LogP contribution in [0.15, 0.2) is 36.5 Å². The van der Waals surface area contributed by atoms with Crippen molar-refractivity contribution >= 4 is 24.2 Å². The summed E-state index contributed by atoms with van der Waals surface area (Å²) in [4.78, 5) is 3.95. The van der Waals surface area contributed by atoms with Gasteiger partial charge < -0.3 is 10.0 Å². The van der Waals surface area contributed by atoms with E-state index in [9.17, 15) is 0 Å². The van der Waals surface area contributed by atoms with Crippen molar-refractivity contribution in [1.82, 2.24) is 4.98 Å². The first-order valence-electron chi connectivity index (χ1n) is 5.16. The molecule has 2 N–H and O–H groups in total. The Labute approximate surface area is 105 Å². The Morgan fingerprint density at radius 2 is 2.00 bits per heavy atom. The standard InChI is InChI=1S/C12H11BClNO2/c1-8-3-2-4-9(5-8)11-6-10(13(16)17)7-15-12(11)14/h2-7,16-17H,1H3. The second kappa shape index (κ2) is 4.88. The van der Waals surface area contributed by atoms with E-state index in [1.807, 2.05) is 31.2 Å². The van der Waals surface area contributed by atoms with Crippen LogP contribution < -0.4 is 5.46 Å². The molecule has 0 saturated heterocycles. The first-order valence-corrected chi connectivity index (χ1v) is 5.54. The number of nitrogens with zero attached hydrogens (tertiary/aromatic N) is 1. The molecule has 86 valence electrons. The Balaban J connectivity index is 2.54. The average molecular weight is 247 g/mol. The van der Waals surface area contributed by atoms with Gasteiger partial charge in [0.15, 0.2) is 0 Å². The molecular formula is C12H11BClNO2. The van der Waals surface area contributed by atoms with Crippen LogP contribution in [-0.4, -0.2) is 22.2 Å². The summed E-state index contributed by atoms with van der Waals surface area (Å²) in [5.41, 5.74) is 3.03. The lowest BCUT2D eigenvalue weighted by atomic mass is 9.80. The molecule has 1 aromatic carbocycles. The molecular weight excluding hydrogens is 236 g/mol. The minimum Gasteiger partial charge on any atom is -0.423 e. The van der Waals surface area contributed by atoms with Gasteiger partial charge in [0.05, 0.1) is 0 Å². The van der Waals surface area contributed by atoms with Crippen LogP contribution in [0.5, 0.6) is 0 Å². The quantitative estimate of drug-likeness (QED) is 0.623. The summed E-state index contributed by atoms with van der Waals surface area (Å²) in [6, 6.07) is 9.41. The van der Waals surface area contributed by atoms with Gasteiger partial charge in [-0.25, -0.2) is 4.98 Å². The molecule has 0 spiro atoms. The van der Waals surface area contributed by atoms with Crippen LogP contribution in [0.3, 0.4) is 0 Å². The molecule has 0 amide bonds. The maximum atomic E-state index is 9.11. The molecule has 0 saturated carbocycles. The topological polar surface area (TPSA) is 53.4 Å². The fourth-order valence-corrected chi connectivity index (χ4v) is 1.83. The Kier molecular flexibility index (Phi) is 3.47. The van der Waals surface area contributed by atoms with Gasteiger partial charge >= 0.3 is 7.12 Å². The van der Waals surface area contributed by atoms with Crippen LogP contribution in [0, 0.1) is 6.92 Å². The van der Waals surface area contributed by atoms with Crippen molar-refractivity contribution in [3.63, 3.8) is 0 Å². The minimum absolute atomic E-state index is 0.325. The maximum absolute atomic E-state index is 9.11. The molecule has 0 aliphatic heterocycles. The third kappa shape index (κ3) is 2.66. The van der Waals surface area contributed by atoms with Crippen LogP contribution in [0.1, 0.15) is 5.56 Å². The number of rotatable bonds is 2. The number of aromatic nitrogens is 1. The van der Waals surface area contributed by atoms with Crippen LogP contribution in [0.25, 0.3) is 11.1 Å². The van der Waals surface area contributed by atoms with Crippen LogP contribution >= 0.6 is 11.6 Å². The van der Waals surface area contributed by atoms with E-state index in [4.69, 9.17) is 21.6 Å². The SMILES string of the molecule is Cc1cccc(-c2cc(B(O)O)cnc2Cl)c1. The van der Waals surface area contributed by atoms with Crippen molar-refractivity contribution in [3.8, 4) is 11.1 Å². The van der Waals surface area contributed by atoms with E-state index in [1.54, 1.807) is 6.07 Å². The van der Waals surface area contributed by atoms with Crippen molar-refractivity contribution in [3.05, 3.63) is 47.2 Å². The molecule has 0 unspecified atom stereocenters. The van der Waals surface area contributed by atoms with Crippen LogP contribution in [-0.2, 0) is 0 Å². The average Bonchev–Trinajstić information content (AvgIpc) is 2.29. The molecule has 2 aromatic rings. The predicted octanol–water partition coefficient (Wildman–Crippen LogP) is 1.39. The van der Waals surface area contributed by atoms with Gasteiger partial charge in [0, 0.05) is 17.2 Å². The van der Waals surface area contributed by atoms with Crippen LogP contribution in [0.2, 0.25) is 5.15 Å². The largest absolute Gasteiger partial charge is 0.490 e. The zero-order valence-electron chi connectivity index (χ0n) is 9.26. The maximum Gasteiger partial charge on any atom is 0.490 e.